The van der Waals surface area contributed by atoms with Crippen molar-refractivity contribution in [2.45, 2.75) is 13.0 Å². The van der Waals surface area contributed by atoms with Gasteiger partial charge < -0.3 is 10.7 Å². The summed E-state index contributed by atoms with van der Waals surface area (Å²) in [4.78, 5) is 29.3. The van der Waals surface area contributed by atoms with Crippen LogP contribution in [0.1, 0.15) is 29.0 Å². The minimum absolute atomic E-state index is 0.167. The third kappa shape index (κ3) is 2.82. The first-order chi connectivity index (χ1) is 8.56. The van der Waals surface area contributed by atoms with Crippen LogP contribution in [0.5, 0.6) is 0 Å². The molecule has 2 aromatic heterocycles. The summed E-state index contributed by atoms with van der Waals surface area (Å²) in [7, 11) is 0. The van der Waals surface area contributed by atoms with Gasteiger partial charge in [-0.2, -0.15) is 0 Å². The standard InChI is InChI=1S/C11H12N4O2S/c1-6(12)8-5-18-11(14-8)15-10(17)7-2-3-9(16)13-4-7/h2-6H,12H2,1H3,(H,13,16)(H,14,15,17). The Bertz CT molecular complexity index is 597. The number of anilines is 1. The molecule has 4 N–H and O–H groups in total. The summed E-state index contributed by atoms with van der Waals surface area (Å²) >= 11 is 1.31. The van der Waals surface area contributed by atoms with Crippen molar-refractivity contribution in [3.05, 3.63) is 45.3 Å². The quantitative estimate of drug-likeness (QED) is 0.772. The number of carbonyl (C=O) groups excluding carboxylic acids is 1. The molecule has 2 rings (SSSR count). The largest absolute Gasteiger partial charge is 0.328 e. The molecule has 18 heavy (non-hydrogen) atoms. The lowest BCUT2D eigenvalue weighted by Crippen LogP contribution is -2.14. The summed E-state index contributed by atoms with van der Waals surface area (Å²) < 4.78 is 0. The highest BCUT2D eigenvalue weighted by molar-refractivity contribution is 7.14. The summed E-state index contributed by atoms with van der Waals surface area (Å²) in [6, 6.07) is 2.58. The Morgan fingerprint density at radius 1 is 1.56 bits per heavy atom. The molecule has 0 fully saturated rings. The molecule has 0 bridgehead atoms. The number of nitrogens with one attached hydrogen (secondary N) is 2. The Morgan fingerprint density at radius 2 is 2.33 bits per heavy atom. The van der Waals surface area contributed by atoms with E-state index in [0.717, 1.165) is 5.69 Å². The average molecular weight is 264 g/mol. The van der Waals surface area contributed by atoms with Gasteiger partial charge in [0.25, 0.3) is 5.91 Å². The molecule has 0 spiro atoms. The van der Waals surface area contributed by atoms with Gasteiger partial charge >= 0.3 is 0 Å². The predicted octanol–water partition coefficient (Wildman–Crippen LogP) is 1.10. The zero-order valence-electron chi connectivity index (χ0n) is 9.64. The zero-order valence-corrected chi connectivity index (χ0v) is 10.5. The number of hydrogen-bond acceptors (Lipinski definition) is 5. The molecule has 7 heteroatoms. The second-order valence-electron chi connectivity index (χ2n) is 3.76. The van der Waals surface area contributed by atoms with E-state index in [1.165, 1.54) is 29.7 Å². The number of H-pyrrole nitrogens is 1. The number of nitrogens with zero attached hydrogens (tertiary/aromatic N) is 1. The molecule has 0 aliphatic carbocycles. The van der Waals surface area contributed by atoms with Crippen LogP contribution in [0.15, 0.2) is 28.5 Å². The van der Waals surface area contributed by atoms with Gasteiger partial charge in [0.1, 0.15) is 0 Å². The highest BCUT2D eigenvalue weighted by Crippen LogP contribution is 2.19. The molecule has 1 amide bonds. The summed E-state index contributed by atoms with van der Waals surface area (Å²) in [5, 5.41) is 4.93. The Morgan fingerprint density at radius 3 is 2.89 bits per heavy atom. The monoisotopic (exact) mass is 264 g/mol. The van der Waals surface area contributed by atoms with Crippen LogP contribution in [-0.4, -0.2) is 15.9 Å². The van der Waals surface area contributed by atoms with Gasteiger partial charge in [-0.3, -0.25) is 14.9 Å². The third-order valence-electron chi connectivity index (χ3n) is 2.26. The van der Waals surface area contributed by atoms with Gasteiger partial charge in [0.2, 0.25) is 5.56 Å². The fraction of sp³-hybridized carbons (Fsp3) is 0.182. The molecule has 0 aliphatic rings. The summed E-state index contributed by atoms with van der Waals surface area (Å²) in [6.45, 7) is 1.82. The van der Waals surface area contributed by atoms with E-state index in [-0.39, 0.29) is 17.5 Å². The third-order valence-corrected chi connectivity index (χ3v) is 3.03. The number of hydrogen-bond donors (Lipinski definition) is 3. The molecule has 2 aromatic rings. The Hall–Kier alpha value is -1.99. The van der Waals surface area contributed by atoms with E-state index in [2.05, 4.69) is 15.3 Å². The second-order valence-corrected chi connectivity index (χ2v) is 4.62. The Labute approximate surface area is 107 Å². The summed E-state index contributed by atoms with van der Waals surface area (Å²) in [5.74, 6) is -0.322. The van der Waals surface area contributed by atoms with E-state index in [1.807, 2.05) is 6.92 Å². The van der Waals surface area contributed by atoms with Crippen LogP contribution < -0.4 is 16.6 Å². The molecule has 1 unspecified atom stereocenters. The maximum atomic E-state index is 11.8. The van der Waals surface area contributed by atoms with Crippen molar-refractivity contribution in [3.63, 3.8) is 0 Å². The van der Waals surface area contributed by atoms with Crippen LogP contribution in [0.4, 0.5) is 5.13 Å². The number of nitrogens with two attached hydrogens (primary N) is 1. The molecular weight excluding hydrogens is 252 g/mol. The predicted molar refractivity (Wildman–Crippen MR) is 69.7 cm³/mol. The maximum Gasteiger partial charge on any atom is 0.258 e. The SMILES string of the molecule is CC(N)c1csc(NC(=O)c2ccc(=O)[nH]c2)n1. The minimum atomic E-state index is -0.322. The fourth-order valence-corrected chi connectivity index (χ4v) is 2.08. The number of carbonyl (C=O) groups is 1. The second kappa shape index (κ2) is 5.11. The number of aromatic nitrogens is 2. The van der Waals surface area contributed by atoms with E-state index in [4.69, 9.17) is 5.73 Å². The first-order valence-corrected chi connectivity index (χ1v) is 6.15. The molecule has 2 heterocycles. The smallest absolute Gasteiger partial charge is 0.258 e. The minimum Gasteiger partial charge on any atom is -0.328 e. The number of aromatic amines is 1. The molecule has 0 aliphatic heterocycles. The topological polar surface area (TPSA) is 101 Å². The van der Waals surface area contributed by atoms with Crippen molar-refractivity contribution >= 4 is 22.4 Å². The van der Waals surface area contributed by atoms with Gasteiger partial charge in [-0.15, -0.1) is 11.3 Å². The number of amides is 1. The maximum absolute atomic E-state index is 11.8. The molecule has 1 atom stereocenters. The van der Waals surface area contributed by atoms with Crippen LogP contribution in [-0.2, 0) is 0 Å². The van der Waals surface area contributed by atoms with Gasteiger partial charge in [0.05, 0.1) is 11.3 Å². The van der Waals surface area contributed by atoms with Crippen molar-refractivity contribution < 1.29 is 4.79 Å². The van der Waals surface area contributed by atoms with Crippen LogP contribution in [0.3, 0.4) is 0 Å². The van der Waals surface area contributed by atoms with E-state index < -0.39 is 0 Å². The molecule has 0 aromatic carbocycles. The summed E-state index contributed by atoms with van der Waals surface area (Å²) in [5.41, 5.74) is 6.53. The van der Waals surface area contributed by atoms with Gasteiger partial charge in [-0.05, 0) is 13.0 Å². The first-order valence-electron chi connectivity index (χ1n) is 5.27. The van der Waals surface area contributed by atoms with Crippen LogP contribution in [0.2, 0.25) is 0 Å². The van der Waals surface area contributed by atoms with Crippen molar-refractivity contribution in [3.8, 4) is 0 Å². The summed E-state index contributed by atoms with van der Waals surface area (Å²) in [6.07, 6.45) is 1.36. The van der Waals surface area contributed by atoms with E-state index >= 15 is 0 Å². The molecule has 94 valence electrons. The number of thiazole rings is 1. The number of rotatable bonds is 3. The van der Waals surface area contributed by atoms with E-state index in [0.29, 0.717) is 10.7 Å². The first kappa shape index (κ1) is 12.5. The van der Waals surface area contributed by atoms with Crippen molar-refractivity contribution in [2.24, 2.45) is 5.73 Å². The van der Waals surface area contributed by atoms with Crippen LogP contribution >= 0.6 is 11.3 Å². The Balaban J connectivity index is 2.11. The highest BCUT2D eigenvalue weighted by Gasteiger charge is 2.10. The normalized spacial score (nSPS) is 12.1. The van der Waals surface area contributed by atoms with Gasteiger partial charge in [0, 0.05) is 23.7 Å². The van der Waals surface area contributed by atoms with E-state index in [9.17, 15) is 9.59 Å². The highest BCUT2D eigenvalue weighted by atomic mass is 32.1. The van der Waals surface area contributed by atoms with Crippen molar-refractivity contribution in [2.75, 3.05) is 5.32 Å². The van der Waals surface area contributed by atoms with Crippen LogP contribution in [0.25, 0.3) is 0 Å². The zero-order chi connectivity index (χ0) is 13.1. The van der Waals surface area contributed by atoms with Crippen molar-refractivity contribution in [1.82, 2.24) is 9.97 Å². The lowest BCUT2D eigenvalue weighted by molar-refractivity contribution is 0.102. The molecular formula is C11H12N4O2S. The average Bonchev–Trinajstić information content (AvgIpc) is 2.78. The fourth-order valence-electron chi connectivity index (χ4n) is 1.27. The molecule has 0 saturated carbocycles. The molecule has 0 saturated heterocycles. The molecule has 0 radical (unpaired) electrons. The molecule has 6 nitrogen and oxygen atoms in total. The lowest BCUT2D eigenvalue weighted by Gasteiger charge is -2.01. The van der Waals surface area contributed by atoms with Crippen molar-refractivity contribution in [1.29, 1.82) is 0 Å². The Kier molecular flexibility index (Phi) is 3.54. The van der Waals surface area contributed by atoms with E-state index in [1.54, 1.807) is 5.38 Å². The van der Waals surface area contributed by atoms with Crippen LogP contribution in [0, 0.1) is 0 Å². The lowest BCUT2D eigenvalue weighted by atomic mass is 10.3. The van der Waals surface area contributed by atoms with Gasteiger partial charge in [-0.1, -0.05) is 0 Å². The van der Waals surface area contributed by atoms with Gasteiger partial charge in [0.15, 0.2) is 5.13 Å². The number of pyridine rings is 1. The van der Waals surface area contributed by atoms with Gasteiger partial charge in [-0.25, -0.2) is 4.98 Å².